The van der Waals surface area contributed by atoms with E-state index in [1.54, 1.807) is 12.1 Å². The molecule has 0 saturated carbocycles. The van der Waals surface area contributed by atoms with Gasteiger partial charge < -0.3 is 10.6 Å². The highest BCUT2D eigenvalue weighted by Crippen LogP contribution is 2.32. The molecule has 2 nitrogen and oxygen atoms in total. The van der Waals surface area contributed by atoms with E-state index in [-0.39, 0.29) is 5.82 Å². The summed E-state index contributed by atoms with van der Waals surface area (Å²) < 4.78 is 14.1. The van der Waals surface area contributed by atoms with Gasteiger partial charge >= 0.3 is 0 Å². The summed E-state index contributed by atoms with van der Waals surface area (Å²) in [5, 5.41) is 0. The third kappa shape index (κ3) is 2.66. The largest absolute Gasteiger partial charge is 0.366 e. The predicted molar refractivity (Wildman–Crippen MR) is 74.2 cm³/mol. The van der Waals surface area contributed by atoms with Crippen LogP contribution in [0, 0.1) is 5.82 Å². The van der Waals surface area contributed by atoms with Crippen molar-refractivity contribution in [2.75, 3.05) is 11.4 Å². The van der Waals surface area contributed by atoms with E-state index in [0.29, 0.717) is 12.6 Å². The minimum atomic E-state index is -0.124. The molecule has 0 aromatic heterocycles. The van der Waals surface area contributed by atoms with Crippen LogP contribution in [0.4, 0.5) is 10.1 Å². The van der Waals surface area contributed by atoms with Crippen molar-refractivity contribution in [3.05, 3.63) is 29.6 Å². The van der Waals surface area contributed by atoms with Crippen LogP contribution >= 0.6 is 0 Å². The fraction of sp³-hybridized carbons (Fsp3) is 0.600. The van der Waals surface area contributed by atoms with Crippen molar-refractivity contribution in [3.63, 3.8) is 0 Å². The molecule has 2 N–H and O–H groups in total. The fourth-order valence-corrected chi connectivity index (χ4v) is 2.97. The quantitative estimate of drug-likeness (QED) is 0.887. The summed E-state index contributed by atoms with van der Waals surface area (Å²) in [5.41, 5.74) is 7.43. The molecule has 1 atom stereocenters. The Morgan fingerprint density at radius 3 is 2.94 bits per heavy atom. The third-order valence-corrected chi connectivity index (χ3v) is 3.83. The Balaban J connectivity index is 2.32. The lowest BCUT2D eigenvalue weighted by molar-refractivity contribution is 0.428. The highest BCUT2D eigenvalue weighted by molar-refractivity contribution is 5.56. The van der Waals surface area contributed by atoms with Gasteiger partial charge in [0.15, 0.2) is 0 Å². The molecular formula is C15H23FN2. The SMILES string of the molecule is CCCC1CCCCN1c1c(F)cccc1CN. The molecule has 18 heavy (non-hydrogen) atoms. The summed E-state index contributed by atoms with van der Waals surface area (Å²) in [4.78, 5) is 2.25. The molecule has 1 heterocycles. The summed E-state index contributed by atoms with van der Waals surface area (Å²) in [7, 11) is 0. The lowest BCUT2D eigenvalue weighted by atomic mass is 9.96. The average molecular weight is 250 g/mol. The smallest absolute Gasteiger partial charge is 0.146 e. The monoisotopic (exact) mass is 250 g/mol. The minimum absolute atomic E-state index is 0.124. The van der Waals surface area contributed by atoms with Gasteiger partial charge in [0.05, 0.1) is 5.69 Å². The number of para-hydroxylation sites is 1. The van der Waals surface area contributed by atoms with E-state index in [9.17, 15) is 4.39 Å². The molecule has 0 amide bonds. The summed E-state index contributed by atoms with van der Waals surface area (Å²) in [6.45, 7) is 3.55. The third-order valence-electron chi connectivity index (χ3n) is 3.83. The van der Waals surface area contributed by atoms with E-state index >= 15 is 0 Å². The van der Waals surface area contributed by atoms with Crippen molar-refractivity contribution in [2.24, 2.45) is 5.73 Å². The zero-order chi connectivity index (χ0) is 13.0. The second-order valence-corrected chi connectivity index (χ2v) is 5.08. The molecule has 1 aliphatic heterocycles. The molecule has 2 rings (SSSR count). The van der Waals surface area contributed by atoms with E-state index < -0.39 is 0 Å². The number of nitrogens with zero attached hydrogens (tertiary/aromatic N) is 1. The topological polar surface area (TPSA) is 29.3 Å². The Hall–Kier alpha value is -1.09. The van der Waals surface area contributed by atoms with Gasteiger partial charge in [-0.2, -0.15) is 0 Å². The Labute approximate surface area is 109 Å². The van der Waals surface area contributed by atoms with E-state index in [4.69, 9.17) is 5.73 Å². The molecule has 1 aliphatic rings. The van der Waals surface area contributed by atoms with Gasteiger partial charge in [-0.05, 0) is 37.3 Å². The Bertz CT molecular complexity index is 390. The van der Waals surface area contributed by atoms with Crippen LogP contribution in [0.3, 0.4) is 0 Å². The molecule has 100 valence electrons. The van der Waals surface area contributed by atoms with Crippen LogP contribution < -0.4 is 10.6 Å². The zero-order valence-electron chi connectivity index (χ0n) is 11.2. The minimum Gasteiger partial charge on any atom is -0.366 e. The van der Waals surface area contributed by atoms with Gasteiger partial charge in [-0.25, -0.2) is 4.39 Å². The van der Waals surface area contributed by atoms with Crippen molar-refractivity contribution in [2.45, 2.75) is 51.6 Å². The summed E-state index contributed by atoms with van der Waals surface area (Å²) in [6, 6.07) is 5.72. The van der Waals surface area contributed by atoms with Crippen LogP contribution in [0.1, 0.15) is 44.6 Å². The van der Waals surface area contributed by atoms with E-state index in [1.165, 1.54) is 12.8 Å². The number of piperidine rings is 1. The van der Waals surface area contributed by atoms with Crippen LogP contribution in [0.15, 0.2) is 18.2 Å². The molecule has 0 radical (unpaired) electrons. The highest BCUT2D eigenvalue weighted by Gasteiger charge is 2.25. The molecule has 1 unspecified atom stereocenters. The maximum atomic E-state index is 14.1. The van der Waals surface area contributed by atoms with Gasteiger partial charge in [0.2, 0.25) is 0 Å². The number of nitrogens with two attached hydrogens (primary N) is 1. The van der Waals surface area contributed by atoms with Crippen molar-refractivity contribution < 1.29 is 4.39 Å². The fourth-order valence-electron chi connectivity index (χ4n) is 2.97. The Kier molecular flexibility index (Phi) is 4.59. The van der Waals surface area contributed by atoms with Crippen molar-refractivity contribution in [1.29, 1.82) is 0 Å². The average Bonchev–Trinajstić information content (AvgIpc) is 2.40. The lowest BCUT2D eigenvalue weighted by Crippen LogP contribution is -2.40. The van der Waals surface area contributed by atoms with Crippen molar-refractivity contribution in [3.8, 4) is 0 Å². The number of hydrogen-bond acceptors (Lipinski definition) is 2. The first kappa shape index (κ1) is 13.3. The van der Waals surface area contributed by atoms with Crippen LogP contribution in [-0.4, -0.2) is 12.6 Å². The van der Waals surface area contributed by atoms with E-state index in [0.717, 1.165) is 37.1 Å². The molecule has 0 spiro atoms. The van der Waals surface area contributed by atoms with Crippen LogP contribution in [0.2, 0.25) is 0 Å². The molecule has 1 aromatic rings. The number of benzene rings is 1. The van der Waals surface area contributed by atoms with Crippen molar-refractivity contribution >= 4 is 5.69 Å². The van der Waals surface area contributed by atoms with Gasteiger partial charge in [0.1, 0.15) is 5.82 Å². The molecular weight excluding hydrogens is 227 g/mol. The first-order chi connectivity index (χ1) is 8.77. The van der Waals surface area contributed by atoms with Gasteiger partial charge in [0.25, 0.3) is 0 Å². The van der Waals surface area contributed by atoms with E-state index in [1.807, 2.05) is 6.07 Å². The van der Waals surface area contributed by atoms with Crippen LogP contribution in [-0.2, 0) is 6.54 Å². The number of hydrogen-bond donors (Lipinski definition) is 1. The van der Waals surface area contributed by atoms with Gasteiger partial charge in [-0.3, -0.25) is 0 Å². The summed E-state index contributed by atoms with van der Waals surface area (Å²) in [5.74, 6) is -0.124. The number of anilines is 1. The molecule has 0 aliphatic carbocycles. The summed E-state index contributed by atoms with van der Waals surface area (Å²) >= 11 is 0. The van der Waals surface area contributed by atoms with Crippen LogP contribution in [0.25, 0.3) is 0 Å². The Morgan fingerprint density at radius 2 is 2.22 bits per heavy atom. The number of halogens is 1. The highest BCUT2D eigenvalue weighted by atomic mass is 19.1. The predicted octanol–water partition coefficient (Wildman–Crippen LogP) is 3.44. The second kappa shape index (κ2) is 6.19. The van der Waals surface area contributed by atoms with E-state index in [2.05, 4.69) is 11.8 Å². The normalized spacial score (nSPS) is 20.2. The summed E-state index contributed by atoms with van der Waals surface area (Å²) in [6.07, 6.45) is 5.87. The number of rotatable bonds is 4. The molecule has 1 saturated heterocycles. The van der Waals surface area contributed by atoms with Crippen molar-refractivity contribution in [1.82, 2.24) is 0 Å². The first-order valence-corrected chi connectivity index (χ1v) is 7.02. The molecule has 1 fully saturated rings. The van der Waals surface area contributed by atoms with Crippen LogP contribution in [0.5, 0.6) is 0 Å². The maximum absolute atomic E-state index is 14.1. The molecule has 3 heteroatoms. The van der Waals surface area contributed by atoms with Gasteiger partial charge in [-0.1, -0.05) is 25.5 Å². The molecule has 1 aromatic carbocycles. The molecule has 0 bridgehead atoms. The maximum Gasteiger partial charge on any atom is 0.146 e. The first-order valence-electron chi connectivity index (χ1n) is 7.02. The zero-order valence-corrected chi connectivity index (χ0v) is 11.2. The van der Waals surface area contributed by atoms with Gasteiger partial charge in [-0.15, -0.1) is 0 Å². The van der Waals surface area contributed by atoms with Gasteiger partial charge in [0, 0.05) is 19.1 Å². The Morgan fingerprint density at radius 1 is 1.39 bits per heavy atom. The lowest BCUT2D eigenvalue weighted by Gasteiger charge is -2.38. The second-order valence-electron chi connectivity index (χ2n) is 5.08. The standard InChI is InChI=1S/C15H23FN2/c1-2-6-13-8-3-4-10-18(13)15-12(11-17)7-5-9-14(15)16/h5,7,9,13H,2-4,6,8,10-11,17H2,1H3.